The van der Waals surface area contributed by atoms with E-state index in [0.29, 0.717) is 24.2 Å². The number of rotatable bonds is 6. The monoisotopic (exact) mass is 391 g/mol. The highest BCUT2D eigenvalue weighted by Gasteiger charge is 2.38. The topological polar surface area (TPSA) is 84.2 Å². The van der Waals surface area contributed by atoms with Crippen LogP contribution in [0, 0.1) is 18.8 Å². The summed E-state index contributed by atoms with van der Waals surface area (Å²) < 4.78 is 5.45. The van der Waals surface area contributed by atoms with Crippen LogP contribution in [-0.4, -0.2) is 35.1 Å². The Morgan fingerprint density at radius 3 is 2.59 bits per heavy atom. The highest BCUT2D eigenvalue weighted by molar-refractivity contribution is 5.81. The zero-order valence-corrected chi connectivity index (χ0v) is 17.1. The first-order valence-electron chi connectivity index (χ1n) is 9.77. The Morgan fingerprint density at radius 1 is 1.28 bits per heavy atom. The summed E-state index contributed by atoms with van der Waals surface area (Å²) >= 11 is 0. The van der Waals surface area contributed by atoms with Crippen LogP contribution in [0.1, 0.15) is 24.6 Å². The molecule has 1 saturated carbocycles. The lowest BCUT2D eigenvalue weighted by atomic mass is 10.0. The van der Waals surface area contributed by atoms with Gasteiger partial charge in [-0.25, -0.2) is 9.97 Å². The van der Waals surface area contributed by atoms with E-state index in [4.69, 9.17) is 9.51 Å². The summed E-state index contributed by atoms with van der Waals surface area (Å²) in [5.41, 5.74) is 4.38. The molecule has 1 aromatic carbocycles. The van der Waals surface area contributed by atoms with Gasteiger partial charge in [0.1, 0.15) is 0 Å². The third-order valence-electron chi connectivity index (χ3n) is 5.21. The summed E-state index contributed by atoms with van der Waals surface area (Å²) in [6, 6.07) is 9.92. The van der Waals surface area contributed by atoms with Crippen LogP contribution in [0.25, 0.3) is 22.6 Å². The van der Waals surface area contributed by atoms with Crippen molar-refractivity contribution >= 4 is 11.9 Å². The van der Waals surface area contributed by atoms with Crippen LogP contribution in [0.2, 0.25) is 0 Å². The molecule has 7 heteroatoms. The number of carbonyl (C=O) groups excluding carboxylic acids is 1. The molecule has 0 saturated heterocycles. The lowest BCUT2D eigenvalue weighted by Crippen LogP contribution is -2.24. The molecule has 3 aromatic rings. The Hall–Kier alpha value is -3.22. The lowest BCUT2D eigenvalue weighted by molar-refractivity contribution is -0.122. The van der Waals surface area contributed by atoms with Crippen LogP contribution >= 0.6 is 0 Å². The molecular formula is C22H25N5O2. The Bertz CT molecular complexity index is 1030. The number of nitrogens with one attached hydrogen (secondary N) is 1. The van der Waals surface area contributed by atoms with Gasteiger partial charge in [-0.05, 0) is 24.8 Å². The van der Waals surface area contributed by atoms with Crippen LogP contribution in [-0.2, 0) is 11.3 Å². The molecule has 29 heavy (non-hydrogen) atoms. The average molecular weight is 391 g/mol. The lowest BCUT2D eigenvalue weighted by Gasteiger charge is -2.14. The van der Waals surface area contributed by atoms with E-state index in [1.54, 1.807) is 6.20 Å². The molecule has 0 aliphatic heterocycles. The van der Waals surface area contributed by atoms with Gasteiger partial charge in [0.25, 0.3) is 0 Å². The van der Waals surface area contributed by atoms with Crippen molar-refractivity contribution in [3.05, 3.63) is 47.8 Å². The third kappa shape index (κ3) is 4.13. The maximum atomic E-state index is 12.0. The average Bonchev–Trinajstić information content (AvgIpc) is 3.30. The van der Waals surface area contributed by atoms with E-state index in [9.17, 15) is 4.79 Å². The van der Waals surface area contributed by atoms with E-state index in [2.05, 4.69) is 22.4 Å². The second-order valence-electron chi connectivity index (χ2n) is 7.89. The second kappa shape index (κ2) is 7.66. The minimum absolute atomic E-state index is 0.149. The molecule has 4 rings (SSSR count). The molecule has 0 bridgehead atoms. The van der Waals surface area contributed by atoms with E-state index in [-0.39, 0.29) is 11.8 Å². The third-order valence-corrected chi connectivity index (χ3v) is 5.21. The molecule has 0 spiro atoms. The maximum absolute atomic E-state index is 12.0. The van der Waals surface area contributed by atoms with Gasteiger partial charge in [0, 0.05) is 44.4 Å². The molecule has 1 aliphatic rings. The smallest absolute Gasteiger partial charge is 0.225 e. The summed E-state index contributed by atoms with van der Waals surface area (Å²) in [6.45, 7) is 4.52. The van der Waals surface area contributed by atoms with Gasteiger partial charge in [-0.15, -0.1) is 0 Å². The second-order valence-corrected chi connectivity index (χ2v) is 7.89. The fourth-order valence-corrected chi connectivity index (χ4v) is 3.27. The Kier molecular flexibility index (Phi) is 5.05. The van der Waals surface area contributed by atoms with E-state index in [1.807, 2.05) is 56.3 Å². The van der Waals surface area contributed by atoms with Gasteiger partial charge >= 0.3 is 0 Å². The van der Waals surface area contributed by atoms with E-state index < -0.39 is 0 Å². The van der Waals surface area contributed by atoms with Gasteiger partial charge in [0.15, 0.2) is 5.76 Å². The van der Waals surface area contributed by atoms with Crippen LogP contribution in [0.4, 0.5) is 5.95 Å². The zero-order valence-electron chi connectivity index (χ0n) is 17.1. The summed E-state index contributed by atoms with van der Waals surface area (Å²) in [7, 11) is 3.81. The first-order chi connectivity index (χ1) is 13.9. The zero-order chi connectivity index (χ0) is 20.5. The Labute approximate surface area is 170 Å². The van der Waals surface area contributed by atoms with Crippen molar-refractivity contribution in [1.82, 2.24) is 20.4 Å². The molecule has 1 N–H and O–H groups in total. The maximum Gasteiger partial charge on any atom is 0.225 e. The van der Waals surface area contributed by atoms with E-state index in [0.717, 1.165) is 34.5 Å². The largest absolute Gasteiger partial charge is 0.356 e. The van der Waals surface area contributed by atoms with E-state index in [1.165, 1.54) is 0 Å². The van der Waals surface area contributed by atoms with Gasteiger partial charge in [-0.1, -0.05) is 36.3 Å². The molecule has 1 amide bonds. The van der Waals surface area contributed by atoms with Crippen molar-refractivity contribution < 1.29 is 9.32 Å². The molecule has 7 nitrogen and oxygen atoms in total. The molecular weight excluding hydrogens is 366 g/mol. The number of hydrogen-bond acceptors (Lipinski definition) is 6. The number of benzene rings is 1. The molecule has 2 heterocycles. The van der Waals surface area contributed by atoms with Crippen LogP contribution in [0.5, 0.6) is 0 Å². The highest BCUT2D eigenvalue weighted by Crippen LogP contribution is 2.37. The number of aromatic nitrogens is 3. The predicted octanol–water partition coefficient (Wildman–Crippen LogP) is 3.45. The van der Waals surface area contributed by atoms with Gasteiger partial charge < -0.3 is 14.7 Å². The molecule has 1 fully saturated rings. The number of carbonyl (C=O) groups is 1. The first kappa shape index (κ1) is 19.1. The molecule has 2 aromatic heterocycles. The van der Waals surface area contributed by atoms with Crippen molar-refractivity contribution in [2.24, 2.45) is 11.8 Å². The fraction of sp³-hybridized carbons (Fsp3) is 0.364. The van der Waals surface area contributed by atoms with Gasteiger partial charge in [0.2, 0.25) is 11.9 Å². The standard InChI is InChI=1S/C22H25N5O2/c1-13-9-17(13)21(28)23-11-15-5-7-16(8-6-15)20-18(19-10-14(2)26-29-19)12-24-22(25-20)27(3)4/h5-8,10,12-13,17H,9,11H2,1-4H3,(H,23,28)/t13-,17+/m1/s1. The molecule has 2 atom stereocenters. The SMILES string of the molecule is Cc1cc(-c2cnc(N(C)C)nc2-c2ccc(CNC(=O)[C@H]3C[C@H]3C)cc2)on1. The summed E-state index contributed by atoms with van der Waals surface area (Å²) in [5.74, 6) is 2.11. The Balaban J connectivity index is 1.59. The van der Waals surface area contributed by atoms with Crippen molar-refractivity contribution in [2.45, 2.75) is 26.8 Å². The van der Waals surface area contributed by atoms with Gasteiger partial charge in [0.05, 0.1) is 17.0 Å². The Morgan fingerprint density at radius 2 is 2.00 bits per heavy atom. The number of aryl methyl sites for hydroxylation is 1. The van der Waals surface area contributed by atoms with Crippen molar-refractivity contribution in [2.75, 3.05) is 19.0 Å². The molecule has 150 valence electrons. The minimum Gasteiger partial charge on any atom is -0.356 e. The fourth-order valence-electron chi connectivity index (χ4n) is 3.27. The highest BCUT2D eigenvalue weighted by atomic mass is 16.5. The van der Waals surface area contributed by atoms with Gasteiger partial charge in [-0.2, -0.15) is 0 Å². The number of nitrogens with zero attached hydrogens (tertiary/aromatic N) is 4. The molecule has 1 aliphatic carbocycles. The van der Waals surface area contributed by atoms with Gasteiger partial charge in [-0.3, -0.25) is 4.79 Å². The molecule has 0 radical (unpaired) electrons. The predicted molar refractivity (Wildman–Crippen MR) is 111 cm³/mol. The summed E-state index contributed by atoms with van der Waals surface area (Å²) in [6.07, 6.45) is 2.76. The van der Waals surface area contributed by atoms with E-state index >= 15 is 0 Å². The summed E-state index contributed by atoms with van der Waals surface area (Å²) in [4.78, 5) is 23.0. The van der Waals surface area contributed by atoms with Crippen molar-refractivity contribution in [3.8, 4) is 22.6 Å². The van der Waals surface area contributed by atoms with Crippen LogP contribution in [0.15, 0.2) is 41.1 Å². The molecule has 0 unspecified atom stereocenters. The van der Waals surface area contributed by atoms with Crippen LogP contribution in [0.3, 0.4) is 0 Å². The number of hydrogen-bond donors (Lipinski definition) is 1. The number of anilines is 1. The van der Waals surface area contributed by atoms with Crippen molar-refractivity contribution in [1.29, 1.82) is 0 Å². The number of amides is 1. The first-order valence-corrected chi connectivity index (χ1v) is 9.77. The normalized spacial score (nSPS) is 17.8. The van der Waals surface area contributed by atoms with Crippen molar-refractivity contribution in [3.63, 3.8) is 0 Å². The quantitative estimate of drug-likeness (QED) is 0.693. The summed E-state index contributed by atoms with van der Waals surface area (Å²) in [5, 5.41) is 7.00. The van der Waals surface area contributed by atoms with Crippen LogP contribution < -0.4 is 10.2 Å². The minimum atomic E-state index is 0.149.